The van der Waals surface area contributed by atoms with Crippen molar-refractivity contribution < 1.29 is 33.8 Å². The molecule has 3 N–H and O–H groups in total. The number of H-pyrrole nitrogens is 1. The first kappa shape index (κ1) is 26.1. The minimum Gasteiger partial charge on any atom is -0.454 e. The van der Waals surface area contributed by atoms with Crippen molar-refractivity contribution in [2.45, 2.75) is 44.2 Å². The average Bonchev–Trinajstić information content (AvgIpc) is 3.58. The Kier molecular flexibility index (Phi) is 7.31. The van der Waals surface area contributed by atoms with Crippen LogP contribution >= 0.6 is 0 Å². The van der Waals surface area contributed by atoms with Gasteiger partial charge in [-0.25, -0.2) is 5.48 Å². The molecule has 0 bridgehead atoms. The quantitative estimate of drug-likeness (QED) is 0.261. The molecule has 0 unspecified atom stereocenters. The summed E-state index contributed by atoms with van der Waals surface area (Å²) in [5.41, 5.74) is 5.98. The van der Waals surface area contributed by atoms with Crippen LogP contribution in [-0.4, -0.2) is 76.7 Å². The molecule has 40 heavy (non-hydrogen) atoms. The molecule has 0 radical (unpaired) electrons. The molecule has 11 nitrogen and oxygen atoms in total. The normalized spacial score (nSPS) is 19.6. The summed E-state index contributed by atoms with van der Waals surface area (Å²) in [5.74, 6) is 0.230. The number of nitrogens with one attached hydrogen (secondary N) is 2. The van der Waals surface area contributed by atoms with Gasteiger partial charge in [0, 0.05) is 29.6 Å². The molecule has 210 valence electrons. The number of aliphatic hydroxyl groups is 1. The fraction of sp³-hybridized carbons (Fsp3) is 0.414. The van der Waals surface area contributed by atoms with Gasteiger partial charge >= 0.3 is 0 Å². The lowest BCUT2D eigenvalue weighted by atomic mass is 9.86. The van der Waals surface area contributed by atoms with Gasteiger partial charge in [0.15, 0.2) is 11.5 Å². The van der Waals surface area contributed by atoms with Crippen LogP contribution < -0.4 is 15.0 Å². The lowest BCUT2D eigenvalue weighted by molar-refractivity contribution is -0.160. The minimum absolute atomic E-state index is 0.134. The Morgan fingerprint density at radius 2 is 1.90 bits per heavy atom. The zero-order valence-electron chi connectivity index (χ0n) is 22.1. The molecule has 2 aromatic carbocycles. The van der Waals surface area contributed by atoms with Crippen LogP contribution in [0.2, 0.25) is 0 Å². The topological polar surface area (TPSA) is 133 Å². The number of fused-ring (bicyclic) bond motifs is 5. The zero-order valence-corrected chi connectivity index (χ0v) is 22.1. The molecular weight excluding hydrogens is 516 g/mol. The van der Waals surface area contributed by atoms with Gasteiger partial charge in [-0.3, -0.25) is 19.2 Å². The summed E-state index contributed by atoms with van der Waals surface area (Å²) in [5, 5.41) is 9.85. The van der Waals surface area contributed by atoms with Crippen molar-refractivity contribution in [3.05, 3.63) is 59.3 Å². The van der Waals surface area contributed by atoms with Crippen molar-refractivity contribution in [1.29, 1.82) is 0 Å². The number of hydrogen-bond donors (Lipinski definition) is 3. The van der Waals surface area contributed by atoms with Gasteiger partial charge in [-0.1, -0.05) is 37.1 Å². The van der Waals surface area contributed by atoms with Crippen molar-refractivity contribution in [3.8, 4) is 11.5 Å². The lowest BCUT2D eigenvalue weighted by Crippen LogP contribution is -2.64. The van der Waals surface area contributed by atoms with Crippen LogP contribution in [0.1, 0.15) is 48.5 Å². The second kappa shape index (κ2) is 11.2. The van der Waals surface area contributed by atoms with Gasteiger partial charge in [-0.15, -0.1) is 0 Å². The number of piperazine rings is 1. The van der Waals surface area contributed by atoms with Crippen molar-refractivity contribution >= 4 is 28.6 Å². The molecule has 0 saturated carbocycles. The van der Waals surface area contributed by atoms with Crippen molar-refractivity contribution in [2.24, 2.45) is 0 Å². The number of rotatable bonds is 10. The van der Waals surface area contributed by atoms with E-state index in [1.807, 2.05) is 42.5 Å². The summed E-state index contributed by atoms with van der Waals surface area (Å²) in [6.07, 6.45) is 3.60. The van der Waals surface area contributed by atoms with Gasteiger partial charge in [0.1, 0.15) is 19.1 Å². The van der Waals surface area contributed by atoms with E-state index >= 15 is 0 Å². The molecule has 1 aromatic heterocycles. The number of benzene rings is 2. The Labute approximate surface area is 230 Å². The zero-order chi connectivity index (χ0) is 27.6. The Morgan fingerprint density at radius 1 is 1.07 bits per heavy atom. The van der Waals surface area contributed by atoms with Crippen molar-refractivity contribution in [1.82, 2.24) is 20.3 Å². The molecule has 3 aromatic rings. The largest absolute Gasteiger partial charge is 0.454 e. The van der Waals surface area contributed by atoms with Gasteiger partial charge in [0.2, 0.25) is 18.6 Å². The van der Waals surface area contributed by atoms with Crippen molar-refractivity contribution in [2.75, 3.05) is 33.1 Å². The van der Waals surface area contributed by atoms with Crippen LogP contribution in [-0.2, 0) is 25.6 Å². The van der Waals surface area contributed by atoms with E-state index in [0.717, 1.165) is 53.4 Å². The van der Waals surface area contributed by atoms with E-state index in [-0.39, 0.29) is 38.3 Å². The SMILES string of the molecule is O=C(CN1CC(=O)N2[C@H](c3ccc4c(c3)OCO4)c3[nH]c4ccccc4c3C[C@@H]2C1=O)NOCCCCCCO. The number of amides is 3. The fourth-order valence-corrected chi connectivity index (χ4v) is 5.86. The number of carbonyl (C=O) groups is 3. The van der Waals surface area contributed by atoms with Crippen LogP contribution in [0.25, 0.3) is 10.9 Å². The highest BCUT2D eigenvalue weighted by molar-refractivity contribution is 5.99. The van der Waals surface area contributed by atoms with E-state index < -0.39 is 18.0 Å². The van der Waals surface area contributed by atoms with Crippen molar-refractivity contribution in [3.63, 3.8) is 0 Å². The monoisotopic (exact) mass is 548 g/mol. The van der Waals surface area contributed by atoms with Crippen LogP contribution in [0.3, 0.4) is 0 Å². The Hall–Kier alpha value is -4.09. The van der Waals surface area contributed by atoms with E-state index in [4.69, 9.17) is 19.4 Å². The van der Waals surface area contributed by atoms with Gasteiger partial charge in [-0.05, 0) is 42.2 Å². The maximum absolute atomic E-state index is 13.8. The number of nitrogens with zero attached hydrogens (tertiary/aromatic N) is 2. The predicted octanol–water partition coefficient (Wildman–Crippen LogP) is 2.18. The van der Waals surface area contributed by atoms with Gasteiger partial charge in [0.05, 0.1) is 12.6 Å². The number of aromatic amines is 1. The minimum atomic E-state index is -0.761. The summed E-state index contributed by atoms with van der Waals surface area (Å²) in [4.78, 5) is 51.7. The summed E-state index contributed by atoms with van der Waals surface area (Å²) in [7, 11) is 0. The molecule has 11 heteroatoms. The molecule has 2 atom stereocenters. The number of para-hydroxylation sites is 1. The van der Waals surface area contributed by atoms with E-state index in [1.54, 1.807) is 4.90 Å². The number of unbranched alkanes of at least 4 members (excludes halogenated alkanes) is 3. The first-order valence-electron chi connectivity index (χ1n) is 13.7. The molecule has 0 spiro atoms. The highest BCUT2D eigenvalue weighted by Crippen LogP contribution is 2.44. The Morgan fingerprint density at radius 3 is 2.77 bits per heavy atom. The first-order chi connectivity index (χ1) is 19.5. The van der Waals surface area contributed by atoms with Gasteiger partial charge < -0.3 is 29.4 Å². The summed E-state index contributed by atoms with van der Waals surface area (Å²) in [6, 6.07) is 12.2. The number of aromatic nitrogens is 1. The molecular formula is C29H32N4O7. The molecule has 1 saturated heterocycles. The maximum atomic E-state index is 13.8. The molecule has 3 aliphatic heterocycles. The fourth-order valence-electron chi connectivity index (χ4n) is 5.86. The third-order valence-corrected chi connectivity index (χ3v) is 7.73. The lowest BCUT2D eigenvalue weighted by Gasteiger charge is -2.46. The summed E-state index contributed by atoms with van der Waals surface area (Å²) in [6.45, 7) is 0.156. The van der Waals surface area contributed by atoms with E-state index in [2.05, 4.69) is 10.5 Å². The number of hydrogen-bond acceptors (Lipinski definition) is 7. The molecule has 0 aliphatic carbocycles. The molecule has 3 amide bonds. The summed E-state index contributed by atoms with van der Waals surface area (Å²) < 4.78 is 11.1. The molecule has 1 fully saturated rings. The molecule has 3 aliphatic rings. The van der Waals surface area contributed by atoms with E-state index in [9.17, 15) is 14.4 Å². The first-order valence-corrected chi connectivity index (χ1v) is 13.7. The van der Waals surface area contributed by atoms with E-state index in [1.165, 1.54) is 4.90 Å². The van der Waals surface area contributed by atoms with Crippen LogP contribution in [0.4, 0.5) is 0 Å². The predicted molar refractivity (Wildman–Crippen MR) is 143 cm³/mol. The Balaban J connectivity index is 1.23. The van der Waals surface area contributed by atoms with E-state index in [0.29, 0.717) is 24.5 Å². The number of carbonyl (C=O) groups excluding carboxylic acids is 3. The third kappa shape index (κ3) is 4.86. The highest BCUT2D eigenvalue weighted by atomic mass is 16.7. The number of aliphatic hydroxyl groups excluding tert-OH is 1. The summed E-state index contributed by atoms with van der Waals surface area (Å²) >= 11 is 0. The maximum Gasteiger partial charge on any atom is 0.263 e. The highest BCUT2D eigenvalue weighted by Gasteiger charge is 2.48. The average molecular weight is 549 g/mol. The molecule has 4 heterocycles. The smallest absolute Gasteiger partial charge is 0.263 e. The second-order valence-electron chi connectivity index (χ2n) is 10.3. The van der Waals surface area contributed by atoms with Crippen LogP contribution in [0, 0.1) is 0 Å². The number of ether oxygens (including phenoxy) is 2. The van der Waals surface area contributed by atoms with Crippen LogP contribution in [0.5, 0.6) is 11.5 Å². The molecule has 6 rings (SSSR count). The third-order valence-electron chi connectivity index (χ3n) is 7.73. The van der Waals surface area contributed by atoms with Crippen LogP contribution in [0.15, 0.2) is 42.5 Å². The van der Waals surface area contributed by atoms with Gasteiger partial charge in [-0.2, -0.15) is 0 Å². The Bertz CT molecular complexity index is 1440. The number of hydroxylamine groups is 1. The van der Waals surface area contributed by atoms with Gasteiger partial charge in [0.25, 0.3) is 5.91 Å². The second-order valence-corrected chi connectivity index (χ2v) is 10.3. The standard InChI is InChI=1S/C29H32N4O7/c34-11-5-1-2-6-12-40-31-25(35)15-32-16-26(36)33-22(29(32)37)14-20-19-7-3-4-8-21(19)30-27(20)28(33)18-9-10-23-24(13-18)39-17-38-23/h3-4,7-10,13,22,28,30,34H,1-2,5-6,11-12,14-17H2,(H,31,35)/t22-,28-/m1/s1.